The summed E-state index contributed by atoms with van der Waals surface area (Å²) in [5, 5.41) is 27.9. The van der Waals surface area contributed by atoms with Crippen molar-refractivity contribution in [3.63, 3.8) is 0 Å². The molecule has 0 bridgehead atoms. The van der Waals surface area contributed by atoms with Crippen LogP contribution in [0.2, 0.25) is 0 Å². The Morgan fingerprint density at radius 2 is 1.92 bits per heavy atom. The van der Waals surface area contributed by atoms with E-state index in [1.54, 1.807) is 4.90 Å². The molecule has 3 amide bonds. The maximum Gasteiger partial charge on any atom is 0.323 e. The predicted octanol–water partition coefficient (Wildman–Crippen LogP) is 3.45. The number of hydrogen-bond acceptors (Lipinski definition) is 7. The molecule has 1 aromatic carbocycles. The van der Waals surface area contributed by atoms with Crippen LogP contribution in [0.5, 0.6) is 0 Å². The van der Waals surface area contributed by atoms with Crippen LogP contribution in [0, 0.1) is 16.7 Å². The van der Waals surface area contributed by atoms with E-state index in [0.29, 0.717) is 44.3 Å². The van der Waals surface area contributed by atoms with Crippen LogP contribution in [0.25, 0.3) is 0 Å². The molecule has 1 saturated heterocycles. The summed E-state index contributed by atoms with van der Waals surface area (Å²) >= 11 is 1.43. The maximum absolute atomic E-state index is 13.3. The Hall–Kier alpha value is -2.53. The molecule has 4 N–H and O–H groups in total. The minimum Gasteiger partial charge on any atom is -0.396 e. The Balaban J connectivity index is 1.46. The number of hydrogen-bond donors (Lipinski definition) is 4. The number of aliphatic hydroxyl groups is 2. The molecule has 37 heavy (non-hydrogen) atoms. The quantitative estimate of drug-likeness (QED) is 0.471. The summed E-state index contributed by atoms with van der Waals surface area (Å²) in [6, 6.07) is 9.18. The molecule has 2 heterocycles. The van der Waals surface area contributed by atoms with Gasteiger partial charge in [0.1, 0.15) is 0 Å². The van der Waals surface area contributed by atoms with Crippen molar-refractivity contribution in [3.8, 4) is 0 Å². The summed E-state index contributed by atoms with van der Waals surface area (Å²) in [7, 11) is 0. The first-order chi connectivity index (χ1) is 17.7. The molecule has 1 saturated carbocycles. The zero-order chi connectivity index (χ0) is 26.2. The Kier molecular flexibility index (Phi) is 7.28. The summed E-state index contributed by atoms with van der Waals surface area (Å²) in [6.45, 7) is 6.09. The maximum atomic E-state index is 13.3. The molecular weight excluding hydrogens is 492 g/mol. The number of carbonyl (C=O) groups is 2. The van der Waals surface area contributed by atoms with Gasteiger partial charge in [0.2, 0.25) is 5.91 Å². The van der Waals surface area contributed by atoms with E-state index in [4.69, 9.17) is 9.72 Å². The van der Waals surface area contributed by atoms with Crippen molar-refractivity contribution in [1.29, 1.82) is 0 Å². The largest absolute Gasteiger partial charge is 0.396 e. The SMILES string of the molecule is CC1(CO)C(O)CCC2(C)C(CC(=O)Nc3ccccc3)c3nc(NC(=O)N4CCOCC4)sc3CC12. The summed E-state index contributed by atoms with van der Waals surface area (Å²) in [4.78, 5) is 33.7. The van der Waals surface area contributed by atoms with Crippen molar-refractivity contribution in [1.82, 2.24) is 9.88 Å². The Bertz CT molecular complexity index is 1140. The van der Waals surface area contributed by atoms with Crippen LogP contribution >= 0.6 is 11.3 Å². The lowest BCUT2D eigenvalue weighted by Crippen LogP contribution is -2.57. The number of ether oxygens (including phenoxy) is 1. The van der Waals surface area contributed by atoms with E-state index in [0.717, 1.165) is 22.7 Å². The molecule has 5 rings (SSSR count). The third-order valence-electron chi connectivity index (χ3n) is 8.85. The number of anilines is 2. The van der Waals surface area contributed by atoms with Gasteiger partial charge in [0, 0.05) is 41.4 Å². The number of thiazole rings is 1. The van der Waals surface area contributed by atoms with Gasteiger partial charge in [-0.05, 0) is 42.7 Å². The lowest BCUT2D eigenvalue weighted by molar-refractivity contribution is -0.143. The van der Waals surface area contributed by atoms with Gasteiger partial charge in [-0.1, -0.05) is 32.0 Å². The monoisotopic (exact) mass is 528 g/mol. The Labute approximate surface area is 221 Å². The zero-order valence-corrected chi connectivity index (χ0v) is 22.2. The molecule has 1 aromatic heterocycles. The van der Waals surface area contributed by atoms with Crippen LogP contribution in [-0.4, -0.2) is 71.0 Å². The number of para-hydroxylation sites is 1. The van der Waals surface area contributed by atoms with Gasteiger partial charge >= 0.3 is 6.03 Å². The van der Waals surface area contributed by atoms with E-state index in [1.807, 2.05) is 37.3 Å². The third kappa shape index (κ3) is 4.87. The number of carbonyl (C=O) groups excluding carboxylic acids is 2. The predicted molar refractivity (Wildman–Crippen MR) is 142 cm³/mol. The fourth-order valence-electron chi connectivity index (χ4n) is 6.56. The molecule has 3 aliphatic rings. The molecule has 0 spiro atoms. The molecule has 10 heteroatoms. The minimum absolute atomic E-state index is 0.0426. The van der Waals surface area contributed by atoms with E-state index in [2.05, 4.69) is 17.6 Å². The summed E-state index contributed by atoms with van der Waals surface area (Å²) < 4.78 is 5.35. The topological polar surface area (TPSA) is 124 Å². The Morgan fingerprint density at radius 3 is 2.62 bits per heavy atom. The molecule has 9 nitrogen and oxygen atoms in total. The molecule has 2 fully saturated rings. The molecule has 5 atom stereocenters. The van der Waals surface area contributed by atoms with Crippen LogP contribution in [0.1, 0.15) is 49.6 Å². The van der Waals surface area contributed by atoms with E-state index in [-0.39, 0.29) is 42.2 Å². The molecular formula is C27H36N4O5S. The average molecular weight is 529 g/mol. The highest BCUT2D eigenvalue weighted by Gasteiger charge is 2.59. The molecule has 1 aliphatic heterocycles. The minimum atomic E-state index is -0.694. The fraction of sp³-hybridized carbons (Fsp3) is 0.593. The van der Waals surface area contributed by atoms with Crippen LogP contribution in [0.4, 0.5) is 15.6 Å². The number of urea groups is 1. The van der Waals surface area contributed by atoms with E-state index in [1.165, 1.54) is 11.3 Å². The number of aromatic nitrogens is 1. The normalized spacial score (nSPS) is 31.2. The second kappa shape index (κ2) is 10.3. The molecule has 5 unspecified atom stereocenters. The first-order valence-electron chi connectivity index (χ1n) is 13.0. The number of amides is 3. The average Bonchev–Trinajstić information content (AvgIpc) is 3.30. The number of aliphatic hydroxyl groups excluding tert-OH is 2. The van der Waals surface area contributed by atoms with Gasteiger partial charge < -0.3 is 25.2 Å². The van der Waals surface area contributed by atoms with Crippen molar-refractivity contribution in [2.75, 3.05) is 43.5 Å². The van der Waals surface area contributed by atoms with Crippen molar-refractivity contribution >= 4 is 34.1 Å². The lowest BCUT2D eigenvalue weighted by Gasteiger charge is -2.58. The van der Waals surface area contributed by atoms with Crippen LogP contribution in [0.15, 0.2) is 30.3 Å². The van der Waals surface area contributed by atoms with Crippen molar-refractivity contribution in [2.45, 2.75) is 51.6 Å². The van der Waals surface area contributed by atoms with Crippen LogP contribution in [0.3, 0.4) is 0 Å². The van der Waals surface area contributed by atoms with Crippen LogP contribution < -0.4 is 10.6 Å². The van der Waals surface area contributed by atoms with Gasteiger partial charge in [0.05, 0.1) is 31.6 Å². The van der Waals surface area contributed by atoms with Gasteiger partial charge in [-0.3, -0.25) is 10.1 Å². The highest BCUT2D eigenvalue weighted by Crippen LogP contribution is 2.62. The third-order valence-corrected chi connectivity index (χ3v) is 9.86. The van der Waals surface area contributed by atoms with Crippen LogP contribution in [-0.2, 0) is 16.0 Å². The molecule has 2 aromatic rings. The Morgan fingerprint density at radius 1 is 1.19 bits per heavy atom. The van der Waals surface area contributed by atoms with Gasteiger partial charge in [-0.25, -0.2) is 9.78 Å². The second-order valence-electron chi connectivity index (χ2n) is 11.0. The fourth-order valence-corrected chi connectivity index (χ4v) is 7.61. The van der Waals surface area contributed by atoms with Gasteiger partial charge in [0.25, 0.3) is 0 Å². The second-order valence-corrected chi connectivity index (χ2v) is 12.1. The van der Waals surface area contributed by atoms with E-state index >= 15 is 0 Å². The van der Waals surface area contributed by atoms with Gasteiger partial charge in [0.15, 0.2) is 5.13 Å². The van der Waals surface area contributed by atoms with Crippen molar-refractivity contribution in [3.05, 3.63) is 40.9 Å². The van der Waals surface area contributed by atoms with E-state index < -0.39 is 11.5 Å². The first-order valence-corrected chi connectivity index (χ1v) is 13.8. The summed E-state index contributed by atoms with van der Waals surface area (Å²) in [5.41, 5.74) is 0.541. The van der Waals surface area contributed by atoms with Gasteiger partial charge in [-0.2, -0.15) is 0 Å². The first kappa shape index (κ1) is 26.1. The number of nitrogens with one attached hydrogen (secondary N) is 2. The smallest absolute Gasteiger partial charge is 0.323 e. The highest BCUT2D eigenvalue weighted by atomic mass is 32.1. The molecule has 0 radical (unpaired) electrons. The molecule has 2 aliphatic carbocycles. The van der Waals surface area contributed by atoms with E-state index in [9.17, 15) is 19.8 Å². The summed E-state index contributed by atoms with van der Waals surface area (Å²) in [6.07, 6.45) is 1.53. The number of morpholine rings is 1. The number of rotatable bonds is 5. The van der Waals surface area contributed by atoms with Crippen molar-refractivity contribution in [2.24, 2.45) is 16.7 Å². The molecule has 200 valence electrons. The standard InChI is InChI=1S/C27H36N4O5S/c1-26-9-8-21(33)27(2,16-32)20(26)15-19-23(18(26)14-22(34)28-17-6-4-3-5-7-17)29-24(37-19)30-25(35)31-10-12-36-13-11-31/h3-7,18,20-21,32-33H,8-16H2,1-2H3,(H,28,34)(H,29,30,35). The lowest BCUT2D eigenvalue weighted by atomic mass is 9.47. The highest BCUT2D eigenvalue weighted by molar-refractivity contribution is 7.15. The number of nitrogens with zero attached hydrogens (tertiary/aromatic N) is 2. The zero-order valence-electron chi connectivity index (χ0n) is 21.4. The number of benzene rings is 1. The van der Waals surface area contributed by atoms with Gasteiger partial charge in [-0.15, -0.1) is 11.3 Å². The number of fused-ring (bicyclic) bond motifs is 2. The summed E-state index contributed by atoms with van der Waals surface area (Å²) in [5.74, 6) is -0.361. The van der Waals surface area contributed by atoms with Crippen molar-refractivity contribution < 1.29 is 24.5 Å².